The maximum Gasteiger partial charge on any atom is 0.318 e. The fraction of sp³-hybridized carbons (Fsp3) is 0.360. The summed E-state index contributed by atoms with van der Waals surface area (Å²) in [5, 5.41) is 3.06. The second kappa shape index (κ2) is 9.85. The van der Waals surface area contributed by atoms with E-state index in [0.717, 1.165) is 42.0 Å². The van der Waals surface area contributed by atoms with Crippen LogP contribution in [-0.4, -0.2) is 32.6 Å². The Morgan fingerprint density at radius 1 is 1.19 bits per heavy atom. The second-order valence-corrected chi connectivity index (χ2v) is 8.45. The van der Waals surface area contributed by atoms with Gasteiger partial charge in [0.25, 0.3) is 0 Å². The molecule has 0 unspecified atom stereocenters. The van der Waals surface area contributed by atoms with Crippen LogP contribution in [0.2, 0.25) is 0 Å². The molecule has 168 valence electrons. The Morgan fingerprint density at radius 3 is 2.62 bits per heavy atom. The van der Waals surface area contributed by atoms with Crippen molar-refractivity contribution in [2.24, 2.45) is 0 Å². The summed E-state index contributed by atoms with van der Waals surface area (Å²) in [5.41, 5.74) is 3.02. The summed E-state index contributed by atoms with van der Waals surface area (Å²) in [6, 6.07) is 14.0. The zero-order valence-corrected chi connectivity index (χ0v) is 18.5. The molecular formula is C25H29FN4O2. The monoisotopic (exact) mass is 436 g/mol. The number of benzene rings is 2. The van der Waals surface area contributed by atoms with E-state index in [0.29, 0.717) is 13.1 Å². The Balaban J connectivity index is 1.45. The topological polar surface area (TPSA) is 59.4 Å². The van der Waals surface area contributed by atoms with Gasteiger partial charge in [-0.05, 0) is 55.7 Å². The van der Waals surface area contributed by atoms with Crippen molar-refractivity contribution in [2.45, 2.75) is 58.5 Å². The average Bonchev–Trinajstić information content (AvgIpc) is 3.25. The Kier molecular flexibility index (Phi) is 6.73. The van der Waals surface area contributed by atoms with Gasteiger partial charge in [0, 0.05) is 44.0 Å². The van der Waals surface area contributed by atoms with Crippen LogP contribution < -0.4 is 10.1 Å². The summed E-state index contributed by atoms with van der Waals surface area (Å²) in [4.78, 5) is 19.3. The molecule has 2 aromatic carbocycles. The summed E-state index contributed by atoms with van der Waals surface area (Å²) < 4.78 is 21.2. The molecule has 1 aromatic heterocycles. The molecule has 0 radical (unpaired) electrons. The molecule has 2 amide bonds. The lowest BCUT2D eigenvalue weighted by Gasteiger charge is -2.35. The number of imidazole rings is 1. The maximum absolute atomic E-state index is 13.4. The summed E-state index contributed by atoms with van der Waals surface area (Å²) in [5.74, 6) is 0.531. The third-order valence-electron chi connectivity index (χ3n) is 5.65. The first kappa shape index (κ1) is 21.9. The van der Waals surface area contributed by atoms with Gasteiger partial charge in [0.1, 0.15) is 11.6 Å². The third-order valence-corrected chi connectivity index (χ3v) is 5.65. The molecule has 0 spiro atoms. The third kappa shape index (κ3) is 5.46. The van der Waals surface area contributed by atoms with Gasteiger partial charge in [-0.3, -0.25) is 0 Å². The van der Waals surface area contributed by atoms with Crippen molar-refractivity contribution in [1.82, 2.24) is 19.8 Å². The number of rotatable bonds is 7. The van der Waals surface area contributed by atoms with Gasteiger partial charge in [0.15, 0.2) is 0 Å². The summed E-state index contributed by atoms with van der Waals surface area (Å²) >= 11 is 0. The molecule has 0 saturated carbocycles. The Bertz CT molecular complexity index is 1030. The Labute approximate surface area is 188 Å². The Morgan fingerprint density at radius 2 is 1.91 bits per heavy atom. The van der Waals surface area contributed by atoms with E-state index in [-0.39, 0.29) is 24.0 Å². The molecule has 1 atom stereocenters. The molecule has 6 nitrogen and oxygen atoms in total. The van der Waals surface area contributed by atoms with Crippen molar-refractivity contribution in [3.8, 4) is 5.75 Å². The number of aromatic nitrogens is 2. The van der Waals surface area contributed by atoms with E-state index in [1.54, 1.807) is 12.1 Å². The summed E-state index contributed by atoms with van der Waals surface area (Å²) in [6.07, 6.45) is 5.41. The fourth-order valence-electron chi connectivity index (χ4n) is 4.01. The second-order valence-electron chi connectivity index (χ2n) is 8.45. The SMILES string of the molecule is CC(C)Oc1ccc(CNC(=O)N(Cc2ccc(F)cc2)[C@@H]2CCn3cncc3C2)cc1. The number of halogens is 1. The van der Waals surface area contributed by atoms with Crippen LogP contribution in [0.15, 0.2) is 61.1 Å². The van der Waals surface area contributed by atoms with E-state index in [4.69, 9.17) is 4.74 Å². The molecular weight excluding hydrogens is 407 g/mol. The van der Waals surface area contributed by atoms with Crippen LogP contribution in [0.4, 0.5) is 9.18 Å². The minimum Gasteiger partial charge on any atom is -0.491 e. The molecule has 7 heteroatoms. The molecule has 4 rings (SSSR count). The van der Waals surface area contributed by atoms with Crippen molar-refractivity contribution >= 4 is 6.03 Å². The van der Waals surface area contributed by atoms with Gasteiger partial charge >= 0.3 is 6.03 Å². The largest absolute Gasteiger partial charge is 0.491 e. The lowest BCUT2D eigenvalue weighted by molar-refractivity contribution is 0.156. The minimum atomic E-state index is -0.281. The lowest BCUT2D eigenvalue weighted by atomic mass is 10.0. The van der Waals surface area contributed by atoms with E-state index < -0.39 is 0 Å². The molecule has 0 aliphatic carbocycles. The number of amides is 2. The van der Waals surface area contributed by atoms with Crippen LogP contribution in [0.25, 0.3) is 0 Å². The van der Waals surface area contributed by atoms with E-state index in [9.17, 15) is 9.18 Å². The van der Waals surface area contributed by atoms with Crippen LogP contribution in [0.5, 0.6) is 5.75 Å². The van der Waals surface area contributed by atoms with Gasteiger partial charge in [-0.15, -0.1) is 0 Å². The molecule has 0 saturated heterocycles. The van der Waals surface area contributed by atoms with Gasteiger partial charge in [0.05, 0.1) is 12.4 Å². The number of hydrogen-bond donors (Lipinski definition) is 1. The molecule has 3 aromatic rings. The molecule has 1 aliphatic heterocycles. The zero-order valence-electron chi connectivity index (χ0n) is 18.5. The van der Waals surface area contributed by atoms with Gasteiger partial charge in [-0.1, -0.05) is 24.3 Å². The standard InChI is InChI=1S/C25H29FN4O2/c1-18(2)32-24-9-5-19(6-10-24)14-28-25(31)30(16-20-3-7-21(26)8-4-20)22-11-12-29-17-27-15-23(29)13-22/h3-10,15,17-18,22H,11-14,16H2,1-2H3,(H,28,31)/t22-/m1/s1. The number of fused-ring (bicyclic) bond motifs is 1. The smallest absolute Gasteiger partial charge is 0.318 e. The van der Waals surface area contributed by atoms with Gasteiger partial charge in [-0.25, -0.2) is 14.2 Å². The van der Waals surface area contributed by atoms with E-state index in [1.807, 2.05) is 55.5 Å². The van der Waals surface area contributed by atoms with Crippen LogP contribution in [-0.2, 0) is 26.1 Å². The van der Waals surface area contributed by atoms with Crippen LogP contribution >= 0.6 is 0 Å². The zero-order chi connectivity index (χ0) is 22.5. The van der Waals surface area contributed by atoms with Crippen LogP contribution in [0.1, 0.15) is 37.1 Å². The van der Waals surface area contributed by atoms with Gasteiger partial charge in [-0.2, -0.15) is 0 Å². The van der Waals surface area contributed by atoms with E-state index in [1.165, 1.54) is 12.1 Å². The van der Waals surface area contributed by atoms with Gasteiger partial charge in [0.2, 0.25) is 0 Å². The molecule has 0 bridgehead atoms. The summed E-state index contributed by atoms with van der Waals surface area (Å²) in [7, 11) is 0. The highest BCUT2D eigenvalue weighted by molar-refractivity contribution is 5.74. The van der Waals surface area contributed by atoms with E-state index in [2.05, 4.69) is 14.9 Å². The highest BCUT2D eigenvalue weighted by atomic mass is 19.1. The molecule has 0 fully saturated rings. The first-order valence-corrected chi connectivity index (χ1v) is 11.0. The number of carbonyl (C=O) groups is 1. The number of aryl methyl sites for hydroxylation is 1. The van der Waals surface area contributed by atoms with Crippen LogP contribution in [0, 0.1) is 5.82 Å². The summed E-state index contributed by atoms with van der Waals surface area (Å²) in [6.45, 7) is 5.64. The lowest BCUT2D eigenvalue weighted by Crippen LogP contribution is -2.48. The van der Waals surface area contributed by atoms with Crippen LogP contribution in [0.3, 0.4) is 0 Å². The fourth-order valence-corrected chi connectivity index (χ4v) is 4.01. The minimum absolute atomic E-state index is 0.0473. The van der Waals surface area contributed by atoms with Crippen molar-refractivity contribution < 1.29 is 13.9 Å². The number of urea groups is 1. The number of nitrogens with one attached hydrogen (secondary N) is 1. The molecule has 32 heavy (non-hydrogen) atoms. The first-order valence-electron chi connectivity index (χ1n) is 11.0. The van der Waals surface area contributed by atoms with Gasteiger partial charge < -0.3 is 19.5 Å². The molecule has 2 heterocycles. The molecule has 1 N–H and O–H groups in total. The van der Waals surface area contributed by atoms with Crippen molar-refractivity contribution in [1.29, 1.82) is 0 Å². The predicted octanol–water partition coefficient (Wildman–Crippen LogP) is 4.54. The number of carbonyl (C=O) groups excluding carboxylic acids is 1. The highest BCUT2D eigenvalue weighted by Gasteiger charge is 2.28. The first-order chi connectivity index (χ1) is 15.5. The highest BCUT2D eigenvalue weighted by Crippen LogP contribution is 2.22. The van der Waals surface area contributed by atoms with Crippen molar-refractivity contribution in [2.75, 3.05) is 0 Å². The number of ether oxygens (including phenoxy) is 1. The predicted molar refractivity (Wildman–Crippen MR) is 121 cm³/mol. The quantitative estimate of drug-likeness (QED) is 0.592. The normalized spacial score (nSPS) is 15.3. The van der Waals surface area contributed by atoms with Crippen molar-refractivity contribution in [3.63, 3.8) is 0 Å². The molecule has 1 aliphatic rings. The van der Waals surface area contributed by atoms with Crippen molar-refractivity contribution in [3.05, 3.63) is 83.7 Å². The number of nitrogens with zero attached hydrogens (tertiary/aromatic N) is 3. The number of hydrogen-bond acceptors (Lipinski definition) is 3. The Hall–Kier alpha value is -3.35. The van der Waals surface area contributed by atoms with E-state index >= 15 is 0 Å². The maximum atomic E-state index is 13.4. The average molecular weight is 437 g/mol.